The smallest absolute Gasteiger partial charge is 0.256 e. The van der Waals surface area contributed by atoms with Crippen LogP contribution in [0.2, 0.25) is 0 Å². The number of amides is 1. The van der Waals surface area contributed by atoms with Gasteiger partial charge in [0.25, 0.3) is 5.91 Å². The normalized spacial score (nSPS) is 34.6. The van der Waals surface area contributed by atoms with Crippen molar-refractivity contribution in [2.75, 3.05) is 5.32 Å². The number of hydrogen-bond donors (Lipinski definition) is 1. The van der Waals surface area contributed by atoms with Gasteiger partial charge >= 0.3 is 0 Å². The number of nitrogens with zero attached hydrogens (tertiary/aromatic N) is 1. The molecule has 3 atom stereocenters. The van der Waals surface area contributed by atoms with E-state index in [2.05, 4.69) is 31.9 Å². The van der Waals surface area contributed by atoms with Crippen LogP contribution in [0.3, 0.4) is 0 Å². The Hall–Kier alpha value is -1.45. The van der Waals surface area contributed by atoms with Crippen LogP contribution in [0.5, 0.6) is 0 Å². The Kier molecular flexibility index (Phi) is 2.44. The highest BCUT2D eigenvalue weighted by Crippen LogP contribution is 2.39. The monoisotopic (exact) mass is 242 g/mol. The second-order valence-electron chi connectivity index (χ2n) is 5.83. The van der Waals surface area contributed by atoms with Crippen LogP contribution in [0.25, 0.3) is 0 Å². The van der Waals surface area contributed by atoms with Crippen molar-refractivity contribution in [3.05, 3.63) is 29.8 Å². The van der Waals surface area contributed by atoms with Crippen LogP contribution in [0.1, 0.15) is 37.0 Å². The van der Waals surface area contributed by atoms with Crippen molar-refractivity contribution < 1.29 is 4.79 Å². The van der Waals surface area contributed by atoms with E-state index in [1.165, 1.54) is 0 Å². The maximum Gasteiger partial charge on any atom is 0.256 e. The molecule has 4 heteroatoms. The molecule has 3 nitrogen and oxygen atoms in total. The highest BCUT2D eigenvalue weighted by atomic mass is 16.2. The molecule has 0 aromatic heterocycles. The second kappa shape index (κ2) is 3.77. The van der Waals surface area contributed by atoms with Gasteiger partial charge in [-0.3, -0.25) is 4.79 Å². The average molecular weight is 242 g/mol. The van der Waals surface area contributed by atoms with Crippen LogP contribution < -0.4 is 5.32 Å². The second-order valence-corrected chi connectivity index (χ2v) is 5.83. The van der Waals surface area contributed by atoms with E-state index >= 15 is 0 Å². The fourth-order valence-electron chi connectivity index (χ4n) is 3.43. The molecule has 18 heavy (non-hydrogen) atoms. The number of para-hydroxylation sites is 1. The summed E-state index contributed by atoms with van der Waals surface area (Å²) >= 11 is 0. The van der Waals surface area contributed by atoms with Crippen molar-refractivity contribution in [3.8, 4) is 0 Å². The van der Waals surface area contributed by atoms with Crippen molar-refractivity contribution in [3.63, 3.8) is 0 Å². The van der Waals surface area contributed by atoms with E-state index in [-0.39, 0.29) is 17.4 Å². The largest absolute Gasteiger partial charge is 0.380 e. The van der Waals surface area contributed by atoms with Crippen LogP contribution in [-0.4, -0.2) is 36.2 Å². The molecule has 1 aromatic rings. The van der Waals surface area contributed by atoms with Gasteiger partial charge in [0.15, 0.2) is 0 Å². The van der Waals surface area contributed by atoms with Crippen LogP contribution in [0.15, 0.2) is 24.3 Å². The summed E-state index contributed by atoms with van der Waals surface area (Å²) in [5.41, 5.74) is 1.70. The summed E-state index contributed by atoms with van der Waals surface area (Å²) in [6.45, 7) is 4.34. The van der Waals surface area contributed by atoms with E-state index in [0.29, 0.717) is 6.04 Å². The highest BCUT2D eigenvalue weighted by molar-refractivity contribution is 6.19. The van der Waals surface area contributed by atoms with Gasteiger partial charge in [-0.25, -0.2) is 0 Å². The van der Waals surface area contributed by atoms with E-state index in [1.807, 2.05) is 24.3 Å². The van der Waals surface area contributed by atoms with Gasteiger partial charge in [0, 0.05) is 23.2 Å². The van der Waals surface area contributed by atoms with Crippen molar-refractivity contribution in [1.29, 1.82) is 0 Å². The van der Waals surface area contributed by atoms with Gasteiger partial charge in [0.05, 0.1) is 5.56 Å². The molecular weight excluding hydrogens is 223 g/mol. The molecule has 3 unspecified atom stereocenters. The summed E-state index contributed by atoms with van der Waals surface area (Å²) < 4.78 is 0. The zero-order chi connectivity index (χ0) is 12.9. The fourth-order valence-corrected chi connectivity index (χ4v) is 3.43. The summed E-state index contributed by atoms with van der Waals surface area (Å²) in [5.74, 6) is 0.176. The van der Waals surface area contributed by atoms with Gasteiger partial charge in [0.2, 0.25) is 0 Å². The lowest BCUT2D eigenvalue weighted by molar-refractivity contribution is 0.0631. The molecule has 1 N–H and O–H groups in total. The van der Waals surface area contributed by atoms with Gasteiger partial charge in [-0.15, -0.1) is 0 Å². The van der Waals surface area contributed by atoms with Crippen molar-refractivity contribution in [2.45, 2.75) is 44.2 Å². The first kappa shape index (κ1) is 11.6. The van der Waals surface area contributed by atoms with Gasteiger partial charge < -0.3 is 10.2 Å². The van der Waals surface area contributed by atoms with E-state index in [9.17, 15) is 4.79 Å². The molecule has 0 radical (unpaired) electrons. The standard InChI is InChI=1S/C14H19BN2O/c1-9-7-8-14(15)10(2)16-12-6-4-3-5-11(12)13(18)17(9)14/h3-6,9-10,16H,7-8,15H2,1-2H3. The fraction of sp³-hybridized carbons (Fsp3) is 0.500. The summed E-state index contributed by atoms with van der Waals surface area (Å²) in [4.78, 5) is 14.9. The first-order valence-electron chi connectivity index (χ1n) is 6.73. The van der Waals surface area contributed by atoms with E-state index in [0.717, 1.165) is 24.1 Å². The SMILES string of the molecule is BC12CCC(C)N1C(=O)c1ccccc1NC2C. The molecule has 2 aliphatic rings. The van der Waals surface area contributed by atoms with Crippen LogP contribution >= 0.6 is 0 Å². The molecule has 2 aliphatic heterocycles. The molecule has 0 saturated carbocycles. The number of carbonyl (C=O) groups is 1. The summed E-state index contributed by atoms with van der Waals surface area (Å²) in [6, 6.07) is 8.45. The third kappa shape index (κ3) is 1.41. The van der Waals surface area contributed by atoms with Crippen molar-refractivity contribution in [1.82, 2.24) is 4.90 Å². The first-order valence-corrected chi connectivity index (χ1v) is 6.73. The Morgan fingerprint density at radius 2 is 2.11 bits per heavy atom. The van der Waals surface area contributed by atoms with E-state index < -0.39 is 0 Å². The summed E-state index contributed by atoms with van der Waals surface area (Å²) in [7, 11) is 2.21. The number of anilines is 1. The third-order valence-electron chi connectivity index (χ3n) is 4.74. The molecule has 0 bridgehead atoms. The number of benzene rings is 1. The summed E-state index contributed by atoms with van der Waals surface area (Å²) in [5, 5.41) is 3.52. The van der Waals surface area contributed by atoms with Crippen LogP contribution in [0, 0.1) is 0 Å². The first-order chi connectivity index (χ1) is 8.54. The number of fused-ring (bicyclic) bond motifs is 2. The predicted octanol–water partition coefficient (Wildman–Crippen LogP) is 1.45. The zero-order valence-corrected chi connectivity index (χ0v) is 11.2. The Morgan fingerprint density at radius 3 is 2.89 bits per heavy atom. The molecule has 1 amide bonds. The van der Waals surface area contributed by atoms with E-state index in [1.54, 1.807) is 0 Å². The van der Waals surface area contributed by atoms with Gasteiger partial charge in [0.1, 0.15) is 7.85 Å². The van der Waals surface area contributed by atoms with Gasteiger partial charge in [-0.1, -0.05) is 12.1 Å². The Bertz CT molecular complexity index is 504. The minimum absolute atomic E-state index is 0.0739. The van der Waals surface area contributed by atoms with Gasteiger partial charge in [-0.05, 0) is 38.8 Å². The molecule has 1 fully saturated rings. The maximum atomic E-state index is 12.8. The topological polar surface area (TPSA) is 32.3 Å². The molecule has 2 heterocycles. The number of rotatable bonds is 0. The number of carbonyl (C=O) groups excluding carboxylic acids is 1. The molecular formula is C14H19BN2O. The number of hydrogen-bond acceptors (Lipinski definition) is 2. The molecule has 3 rings (SSSR count). The quantitative estimate of drug-likeness (QED) is 0.698. The molecule has 1 saturated heterocycles. The van der Waals surface area contributed by atoms with Gasteiger partial charge in [-0.2, -0.15) is 0 Å². The molecule has 1 aromatic carbocycles. The molecule has 0 spiro atoms. The average Bonchev–Trinajstić information content (AvgIpc) is 2.62. The minimum Gasteiger partial charge on any atom is -0.380 e. The van der Waals surface area contributed by atoms with Crippen molar-refractivity contribution >= 4 is 19.4 Å². The molecule has 0 aliphatic carbocycles. The Morgan fingerprint density at radius 1 is 1.39 bits per heavy atom. The number of nitrogens with one attached hydrogen (secondary N) is 1. The lowest BCUT2D eigenvalue weighted by Crippen LogP contribution is -2.57. The van der Waals surface area contributed by atoms with Crippen LogP contribution in [0.4, 0.5) is 5.69 Å². The minimum atomic E-state index is -0.0739. The Balaban J connectivity index is 2.15. The molecule has 94 valence electrons. The zero-order valence-electron chi connectivity index (χ0n) is 11.2. The Labute approximate surface area is 109 Å². The van der Waals surface area contributed by atoms with E-state index in [4.69, 9.17) is 0 Å². The third-order valence-corrected chi connectivity index (χ3v) is 4.74. The lowest BCUT2D eigenvalue weighted by Gasteiger charge is -2.40. The predicted molar refractivity (Wildman–Crippen MR) is 75.7 cm³/mol. The van der Waals surface area contributed by atoms with Crippen LogP contribution in [-0.2, 0) is 0 Å². The maximum absolute atomic E-state index is 12.8. The summed E-state index contributed by atoms with van der Waals surface area (Å²) in [6.07, 6.45) is 2.17. The highest BCUT2D eigenvalue weighted by Gasteiger charge is 2.49. The lowest BCUT2D eigenvalue weighted by atomic mass is 9.70. The van der Waals surface area contributed by atoms with Crippen molar-refractivity contribution in [2.24, 2.45) is 0 Å².